The number of anilines is 1. The van der Waals surface area contributed by atoms with Gasteiger partial charge < -0.3 is 10.6 Å². The number of amides is 1. The van der Waals surface area contributed by atoms with E-state index in [0.29, 0.717) is 22.3 Å². The third-order valence-corrected chi connectivity index (χ3v) is 3.03. The summed E-state index contributed by atoms with van der Waals surface area (Å²) in [5.41, 5.74) is 0.567. The van der Waals surface area contributed by atoms with Crippen molar-refractivity contribution in [2.45, 2.75) is 19.8 Å². The summed E-state index contributed by atoms with van der Waals surface area (Å²) in [6.07, 6.45) is 3.18. The van der Waals surface area contributed by atoms with Gasteiger partial charge in [0.25, 0.3) is 5.91 Å². The van der Waals surface area contributed by atoms with Gasteiger partial charge in [-0.15, -0.1) is 0 Å². The van der Waals surface area contributed by atoms with E-state index >= 15 is 0 Å². The lowest BCUT2D eigenvalue weighted by molar-refractivity contribution is -0.117. The topological polar surface area (TPSA) is 64.9 Å². The Balaban J connectivity index is 2.70. The van der Waals surface area contributed by atoms with Crippen LogP contribution in [0.25, 0.3) is 0 Å². The van der Waals surface area contributed by atoms with E-state index in [1.54, 1.807) is 18.2 Å². The highest BCUT2D eigenvalue weighted by Gasteiger charge is 2.08. The van der Waals surface area contributed by atoms with Crippen molar-refractivity contribution in [3.63, 3.8) is 0 Å². The van der Waals surface area contributed by atoms with Gasteiger partial charge in [0.1, 0.15) is 11.6 Å². The van der Waals surface area contributed by atoms with Crippen molar-refractivity contribution in [3.8, 4) is 6.07 Å². The first-order valence-electron chi connectivity index (χ1n) is 6.18. The molecule has 0 unspecified atom stereocenters. The molecule has 1 rings (SSSR count). The zero-order valence-corrected chi connectivity index (χ0v) is 12.6. The van der Waals surface area contributed by atoms with Gasteiger partial charge in [-0.3, -0.25) is 4.79 Å². The summed E-state index contributed by atoms with van der Waals surface area (Å²) in [4.78, 5) is 11.7. The Bertz CT molecular complexity index is 550. The zero-order chi connectivity index (χ0) is 15.0. The highest BCUT2D eigenvalue weighted by Crippen LogP contribution is 2.25. The smallest absolute Gasteiger partial charge is 0.263 e. The second kappa shape index (κ2) is 8.47. The molecule has 0 aliphatic carbocycles. The average molecular weight is 312 g/mol. The van der Waals surface area contributed by atoms with E-state index in [0.717, 1.165) is 12.8 Å². The van der Waals surface area contributed by atoms with Crippen LogP contribution in [0.1, 0.15) is 19.8 Å². The molecule has 0 radical (unpaired) electrons. The Morgan fingerprint density at radius 1 is 1.45 bits per heavy atom. The summed E-state index contributed by atoms with van der Waals surface area (Å²) in [5.74, 6) is -0.404. The summed E-state index contributed by atoms with van der Waals surface area (Å²) < 4.78 is 0. The highest BCUT2D eigenvalue weighted by molar-refractivity contribution is 6.36. The molecule has 2 N–H and O–H groups in total. The predicted molar refractivity (Wildman–Crippen MR) is 81.7 cm³/mol. The first-order chi connectivity index (χ1) is 9.58. The van der Waals surface area contributed by atoms with Crippen molar-refractivity contribution in [2.24, 2.45) is 0 Å². The van der Waals surface area contributed by atoms with Crippen molar-refractivity contribution in [1.82, 2.24) is 5.32 Å². The van der Waals surface area contributed by atoms with Gasteiger partial charge >= 0.3 is 0 Å². The van der Waals surface area contributed by atoms with Gasteiger partial charge in [0, 0.05) is 17.8 Å². The fraction of sp³-hybridized carbons (Fsp3) is 0.286. The SMILES string of the molecule is CCCCNC(=O)/C(C#N)=C\Nc1ccc(Cl)cc1Cl. The number of unbranched alkanes of at least 4 members (excludes halogenated alkanes) is 1. The fourth-order valence-electron chi connectivity index (χ4n) is 1.38. The molecule has 0 aromatic heterocycles. The largest absolute Gasteiger partial charge is 0.359 e. The molecule has 106 valence electrons. The van der Waals surface area contributed by atoms with E-state index in [1.165, 1.54) is 6.20 Å². The van der Waals surface area contributed by atoms with Crippen LogP contribution in [0.2, 0.25) is 10.0 Å². The molecule has 1 aromatic rings. The molecule has 0 bridgehead atoms. The molecule has 0 spiro atoms. The van der Waals surface area contributed by atoms with E-state index < -0.39 is 5.91 Å². The zero-order valence-electron chi connectivity index (χ0n) is 11.0. The number of nitrogens with one attached hydrogen (secondary N) is 2. The number of carbonyl (C=O) groups excluding carboxylic acids is 1. The maximum Gasteiger partial charge on any atom is 0.263 e. The number of halogens is 2. The number of rotatable bonds is 6. The molecule has 1 aromatic carbocycles. The normalized spacial score (nSPS) is 10.8. The minimum Gasteiger partial charge on any atom is -0.359 e. The van der Waals surface area contributed by atoms with E-state index in [9.17, 15) is 4.79 Å². The minimum absolute atomic E-state index is 0.00730. The van der Waals surface area contributed by atoms with Crippen molar-refractivity contribution < 1.29 is 4.79 Å². The van der Waals surface area contributed by atoms with Gasteiger partial charge in [0.2, 0.25) is 0 Å². The molecular formula is C14H15Cl2N3O. The van der Waals surface area contributed by atoms with E-state index in [-0.39, 0.29) is 5.57 Å². The third-order valence-electron chi connectivity index (χ3n) is 2.48. The Morgan fingerprint density at radius 3 is 2.80 bits per heavy atom. The average Bonchev–Trinajstić information content (AvgIpc) is 2.42. The van der Waals surface area contributed by atoms with E-state index in [2.05, 4.69) is 10.6 Å². The molecule has 1 amide bonds. The van der Waals surface area contributed by atoms with Crippen LogP contribution in [0.3, 0.4) is 0 Å². The minimum atomic E-state index is -0.404. The van der Waals surface area contributed by atoms with Gasteiger partial charge in [-0.05, 0) is 24.6 Å². The Morgan fingerprint density at radius 2 is 2.20 bits per heavy atom. The monoisotopic (exact) mass is 311 g/mol. The van der Waals surface area contributed by atoms with Crippen LogP contribution in [-0.4, -0.2) is 12.5 Å². The predicted octanol–water partition coefficient (Wildman–Crippen LogP) is 3.73. The fourth-order valence-corrected chi connectivity index (χ4v) is 1.84. The van der Waals surface area contributed by atoms with Crippen LogP contribution in [-0.2, 0) is 4.79 Å². The van der Waals surface area contributed by atoms with Crippen LogP contribution in [0, 0.1) is 11.3 Å². The number of hydrogen-bond acceptors (Lipinski definition) is 3. The number of benzene rings is 1. The third kappa shape index (κ3) is 5.12. The summed E-state index contributed by atoms with van der Waals surface area (Å²) in [5, 5.41) is 15.4. The quantitative estimate of drug-likeness (QED) is 0.478. The van der Waals surface area contributed by atoms with Crippen LogP contribution in [0.4, 0.5) is 5.69 Å². The molecule has 20 heavy (non-hydrogen) atoms. The summed E-state index contributed by atoms with van der Waals surface area (Å²) in [6.45, 7) is 2.58. The second-order valence-electron chi connectivity index (χ2n) is 4.05. The van der Waals surface area contributed by atoms with Crippen molar-refractivity contribution in [2.75, 3.05) is 11.9 Å². The van der Waals surface area contributed by atoms with Crippen molar-refractivity contribution >= 4 is 34.8 Å². The van der Waals surface area contributed by atoms with Crippen LogP contribution < -0.4 is 10.6 Å². The molecular weight excluding hydrogens is 297 g/mol. The lowest BCUT2D eigenvalue weighted by Crippen LogP contribution is -2.25. The van der Waals surface area contributed by atoms with Crippen molar-refractivity contribution in [3.05, 3.63) is 40.0 Å². The molecule has 0 saturated carbocycles. The second-order valence-corrected chi connectivity index (χ2v) is 4.89. The maximum absolute atomic E-state index is 11.7. The molecule has 0 fully saturated rings. The molecule has 4 nitrogen and oxygen atoms in total. The lowest BCUT2D eigenvalue weighted by Gasteiger charge is -2.06. The number of carbonyl (C=O) groups is 1. The lowest BCUT2D eigenvalue weighted by atomic mass is 10.2. The van der Waals surface area contributed by atoms with Crippen LogP contribution in [0.5, 0.6) is 0 Å². The van der Waals surface area contributed by atoms with E-state index in [4.69, 9.17) is 28.5 Å². The molecule has 0 saturated heterocycles. The summed E-state index contributed by atoms with van der Waals surface area (Å²) in [6, 6.07) is 6.76. The van der Waals surface area contributed by atoms with Gasteiger partial charge in [-0.25, -0.2) is 0 Å². The Labute approximate surface area is 128 Å². The molecule has 6 heteroatoms. The number of nitriles is 1. The number of hydrogen-bond donors (Lipinski definition) is 2. The van der Waals surface area contributed by atoms with E-state index in [1.807, 2.05) is 13.0 Å². The van der Waals surface area contributed by atoms with Gasteiger partial charge in [-0.1, -0.05) is 36.5 Å². The molecule has 0 heterocycles. The first kappa shape index (κ1) is 16.4. The van der Waals surface area contributed by atoms with Crippen molar-refractivity contribution in [1.29, 1.82) is 5.26 Å². The van der Waals surface area contributed by atoms with Gasteiger partial charge in [-0.2, -0.15) is 5.26 Å². The Kier molecular flexibility index (Phi) is 6.92. The maximum atomic E-state index is 11.7. The van der Waals surface area contributed by atoms with Gasteiger partial charge in [0.05, 0.1) is 10.7 Å². The van der Waals surface area contributed by atoms with Crippen LogP contribution in [0.15, 0.2) is 30.0 Å². The Hall–Kier alpha value is -1.70. The molecule has 0 aliphatic rings. The molecule has 0 aliphatic heterocycles. The van der Waals surface area contributed by atoms with Gasteiger partial charge in [0.15, 0.2) is 0 Å². The van der Waals surface area contributed by atoms with Crippen LogP contribution >= 0.6 is 23.2 Å². The standard InChI is InChI=1S/C14H15Cl2N3O/c1-2-3-6-18-14(20)10(8-17)9-19-13-5-4-11(15)7-12(13)16/h4-5,7,9,19H,2-3,6H2,1H3,(H,18,20)/b10-9-. The summed E-state index contributed by atoms with van der Waals surface area (Å²) in [7, 11) is 0. The first-order valence-corrected chi connectivity index (χ1v) is 6.94. The molecule has 0 atom stereocenters. The highest BCUT2D eigenvalue weighted by atomic mass is 35.5. The number of nitrogens with zero attached hydrogens (tertiary/aromatic N) is 1. The summed E-state index contributed by atoms with van der Waals surface area (Å²) >= 11 is 11.8.